The molecule has 0 amide bonds. The van der Waals surface area contributed by atoms with Gasteiger partial charge in [-0.1, -0.05) is 0 Å². The summed E-state index contributed by atoms with van der Waals surface area (Å²) in [6, 6.07) is 11.3. The summed E-state index contributed by atoms with van der Waals surface area (Å²) >= 11 is -2.05. The van der Waals surface area contributed by atoms with Crippen molar-refractivity contribution in [3.05, 3.63) is 80.9 Å². The molecule has 2 aliphatic rings. The van der Waals surface area contributed by atoms with Crippen molar-refractivity contribution in [2.45, 2.75) is 86.5 Å². The summed E-state index contributed by atoms with van der Waals surface area (Å²) in [4.78, 5) is 0. The van der Waals surface area contributed by atoms with E-state index in [0.717, 1.165) is 20.2 Å². The van der Waals surface area contributed by atoms with Crippen molar-refractivity contribution >= 4 is 18.4 Å². The van der Waals surface area contributed by atoms with Crippen LogP contribution >= 0.6 is 0 Å². The van der Waals surface area contributed by atoms with Gasteiger partial charge < -0.3 is 0 Å². The molecule has 32 heavy (non-hydrogen) atoms. The molecule has 0 aromatic heterocycles. The number of unbranched alkanes of at least 4 members (excludes halogenated alkanes) is 1. The fourth-order valence-electron chi connectivity index (χ4n) is 5.87. The molecule has 2 aromatic carbocycles. The molecule has 0 radical (unpaired) electrons. The van der Waals surface area contributed by atoms with Gasteiger partial charge in [0.25, 0.3) is 0 Å². The molecule has 2 atom stereocenters. The minimum atomic E-state index is -2.05. The van der Waals surface area contributed by atoms with Crippen LogP contribution in [0.15, 0.2) is 36.4 Å². The first-order chi connectivity index (χ1) is 15.7. The summed E-state index contributed by atoms with van der Waals surface area (Å²) in [5, 5.41) is 0. The Bertz CT molecular complexity index is 993. The number of benzene rings is 2. The summed E-state index contributed by atoms with van der Waals surface area (Å²) in [6.45, 7) is 11.7. The monoisotopic (exact) mass is 608 g/mol. The molecular formula is C30H40HfSi. The maximum absolute atomic E-state index is 2.69. The Kier molecular flexibility index (Phi) is 8.26. The van der Waals surface area contributed by atoms with Gasteiger partial charge in [0.2, 0.25) is 0 Å². The van der Waals surface area contributed by atoms with Gasteiger partial charge in [-0.05, 0) is 0 Å². The number of allylic oxidation sites excluding steroid dienone is 2. The fourth-order valence-corrected chi connectivity index (χ4v) is 31.7. The van der Waals surface area contributed by atoms with E-state index >= 15 is 0 Å². The van der Waals surface area contributed by atoms with Crippen LogP contribution in [0.1, 0.15) is 99.3 Å². The van der Waals surface area contributed by atoms with Crippen LogP contribution in [-0.2, 0) is 45.7 Å². The number of fused-ring (bicyclic) bond motifs is 2. The van der Waals surface area contributed by atoms with Crippen LogP contribution in [0, 0.1) is 0 Å². The first-order valence-corrected chi connectivity index (χ1v) is 24.8. The van der Waals surface area contributed by atoms with Crippen molar-refractivity contribution in [3.63, 3.8) is 0 Å². The quantitative estimate of drug-likeness (QED) is 0.201. The van der Waals surface area contributed by atoms with Crippen LogP contribution in [0.25, 0.3) is 12.2 Å². The Hall–Kier alpha value is -0.993. The van der Waals surface area contributed by atoms with Crippen LogP contribution in [0.4, 0.5) is 0 Å². The topological polar surface area (TPSA) is 0 Å². The summed E-state index contributed by atoms with van der Waals surface area (Å²) in [5.74, 6) is 0. The Morgan fingerprint density at radius 2 is 1.09 bits per heavy atom. The zero-order valence-electron chi connectivity index (χ0n) is 20.8. The van der Waals surface area contributed by atoms with Gasteiger partial charge in [-0.3, -0.25) is 0 Å². The van der Waals surface area contributed by atoms with E-state index in [0.29, 0.717) is 6.22 Å². The molecule has 2 aromatic rings. The maximum atomic E-state index is 2.69. The normalized spacial score (nSPS) is 18.2. The van der Waals surface area contributed by atoms with Crippen molar-refractivity contribution in [2.24, 2.45) is 0 Å². The third-order valence-corrected chi connectivity index (χ3v) is 31.5. The van der Waals surface area contributed by atoms with Gasteiger partial charge in [0.1, 0.15) is 0 Å². The molecule has 0 saturated heterocycles. The Morgan fingerprint density at radius 1 is 0.656 bits per heavy atom. The molecule has 4 rings (SSSR count). The van der Waals surface area contributed by atoms with Crippen LogP contribution in [0.5, 0.6) is 0 Å². The second-order valence-electron chi connectivity index (χ2n) is 9.36. The zero-order chi connectivity index (χ0) is 22.7. The Morgan fingerprint density at radius 3 is 1.50 bits per heavy atom. The SMILES string of the molecule is CCCC[SiH]=[Hf]([CH]1C=Cc2c(CC)ccc(CC)c21)[CH]1C=Cc2c(CC)ccc(CC)c21. The molecule has 2 heteroatoms. The average Bonchev–Trinajstić information content (AvgIpc) is 3.46. The zero-order valence-corrected chi connectivity index (χ0v) is 25.5. The molecule has 0 heterocycles. The molecule has 0 aliphatic heterocycles. The van der Waals surface area contributed by atoms with Gasteiger partial charge in [0.05, 0.1) is 0 Å². The molecule has 168 valence electrons. The van der Waals surface area contributed by atoms with Crippen molar-refractivity contribution in [1.29, 1.82) is 0 Å². The standard InChI is InChI=1S/2C13H15.C4H10Si.Hf/c2*1-3-10-8-9-11(4-2)13-7-5-6-12(10)13;1-2-3-4-5;/h2*5-9H,3-4H2,1-2H3;5H,2-4H2,1H3;. The number of rotatable bonds is 9. The van der Waals surface area contributed by atoms with Gasteiger partial charge in [0, 0.05) is 0 Å². The summed E-state index contributed by atoms with van der Waals surface area (Å²) in [6.07, 6.45) is 18.5. The van der Waals surface area contributed by atoms with E-state index in [9.17, 15) is 0 Å². The average molecular weight is 607 g/mol. The van der Waals surface area contributed by atoms with Gasteiger partial charge in [-0.2, -0.15) is 0 Å². The van der Waals surface area contributed by atoms with Gasteiger partial charge in [0.15, 0.2) is 0 Å². The third-order valence-electron chi connectivity index (χ3n) is 7.65. The molecule has 0 N–H and O–H groups in total. The van der Waals surface area contributed by atoms with Crippen LogP contribution in [0.3, 0.4) is 0 Å². The summed E-state index contributed by atoms with van der Waals surface area (Å²) < 4.78 is 1.58. The summed E-state index contributed by atoms with van der Waals surface area (Å²) in [7, 11) is 0. The minimum absolute atomic E-state index is 0.613. The van der Waals surface area contributed by atoms with Crippen LogP contribution < -0.4 is 0 Å². The van der Waals surface area contributed by atoms with Crippen LogP contribution in [0.2, 0.25) is 6.04 Å². The second-order valence-corrected chi connectivity index (χ2v) is 28.3. The molecule has 2 aliphatic carbocycles. The van der Waals surface area contributed by atoms with Crippen molar-refractivity contribution in [1.82, 2.24) is 0 Å². The first kappa shape index (κ1) is 24.1. The number of aryl methyl sites for hydroxylation is 4. The molecule has 0 saturated carbocycles. The van der Waals surface area contributed by atoms with Crippen LogP contribution in [-0.4, -0.2) is 6.22 Å². The Balaban J connectivity index is 1.86. The molecule has 2 unspecified atom stereocenters. The Labute approximate surface area is 204 Å². The van der Waals surface area contributed by atoms with E-state index in [4.69, 9.17) is 0 Å². The first-order valence-electron chi connectivity index (χ1n) is 13.0. The van der Waals surface area contributed by atoms with Gasteiger partial charge >= 0.3 is 206 Å². The fraction of sp³-hybridized carbons (Fsp3) is 0.467. The van der Waals surface area contributed by atoms with Gasteiger partial charge in [-0.15, -0.1) is 0 Å². The van der Waals surface area contributed by atoms with Crippen molar-refractivity contribution in [2.75, 3.05) is 0 Å². The van der Waals surface area contributed by atoms with E-state index in [1.54, 1.807) is 44.5 Å². The molecule has 0 bridgehead atoms. The van der Waals surface area contributed by atoms with Gasteiger partial charge in [-0.25, -0.2) is 0 Å². The van der Waals surface area contributed by atoms with Crippen molar-refractivity contribution < 1.29 is 20.1 Å². The van der Waals surface area contributed by atoms with E-state index in [1.807, 2.05) is 0 Å². The second kappa shape index (κ2) is 11.0. The van der Waals surface area contributed by atoms with E-state index in [2.05, 4.69) is 83.2 Å². The molecular weight excluding hydrogens is 567 g/mol. The molecule has 0 nitrogen and oxygen atoms in total. The number of hydrogen-bond acceptors (Lipinski definition) is 0. The third kappa shape index (κ3) is 4.39. The van der Waals surface area contributed by atoms with E-state index < -0.39 is 20.1 Å². The van der Waals surface area contributed by atoms with E-state index in [1.165, 1.54) is 31.7 Å². The molecule has 0 fully saturated rings. The predicted octanol–water partition coefficient (Wildman–Crippen LogP) is 7.96. The summed E-state index contributed by atoms with van der Waals surface area (Å²) in [5.41, 5.74) is 13.1. The predicted molar refractivity (Wildman–Crippen MR) is 141 cm³/mol. The number of hydrogen-bond donors (Lipinski definition) is 0. The van der Waals surface area contributed by atoms with Crippen molar-refractivity contribution in [3.8, 4) is 0 Å². The molecule has 0 spiro atoms. The van der Waals surface area contributed by atoms with E-state index in [-0.39, 0.29) is 0 Å².